The summed E-state index contributed by atoms with van der Waals surface area (Å²) in [5.41, 5.74) is 0. The van der Waals surface area contributed by atoms with E-state index in [1.54, 1.807) is 0 Å². The van der Waals surface area contributed by atoms with Gasteiger partial charge < -0.3 is 5.32 Å². The van der Waals surface area contributed by atoms with Gasteiger partial charge in [0.2, 0.25) is 15.9 Å². The van der Waals surface area contributed by atoms with Crippen LogP contribution >= 0.6 is 0 Å². The van der Waals surface area contributed by atoms with Gasteiger partial charge in [-0.3, -0.25) is 4.79 Å². The molecular weight excluding hydrogens is 355 g/mol. The van der Waals surface area contributed by atoms with Gasteiger partial charge in [-0.05, 0) is 62.8 Å². The zero-order valence-electron chi connectivity index (χ0n) is 15.7. The maximum Gasteiger partial charge on any atom is 0.243 e. The second kappa shape index (κ2) is 8.95. The molecule has 1 fully saturated rings. The number of nitrogens with zero attached hydrogens (tertiary/aromatic N) is 1. The molecule has 1 saturated heterocycles. The van der Waals surface area contributed by atoms with Crippen LogP contribution in [-0.4, -0.2) is 37.8 Å². The summed E-state index contributed by atoms with van der Waals surface area (Å²) in [6, 6.07) is 4.97. The maximum absolute atomic E-state index is 13.0. The molecule has 26 heavy (non-hydrogen) atoms. The fourth-order valence-electron chi connectivity index (χ4n) is 3.13. The Hall–Kier alpha value is -1.47. The number of piperidine rings is 1. The minimum atomic E-state index is -3.63. The van der Waals surface area contributed by atoms with Gasteiger partial charge in [0, 0.05) is 25.0 Å². The summed E-state index contributed by atoms with van der Waals surface area (Å²) in [6.07, 6.45) is 3.02. The van der Waals surface area contributed by atoms with Crippen LogP contribution in [0.25, 0.3) is 0 Å². The van der Waals surface area contributed by atoms with E-state index in [1.807, 2.05) is 6.92 Å². The number of halogens is 1. The number of benzene rings is 1. The molecule has 146 valence electrons. The van der Waals surface area contributed by atoms with Crippen LogP contribution in [0.2, 0.25) is 0 Å². The van der Waals surface area contributed by atoms with Crippen LogP contribution in [0.5, 0.6) is 0 Å². The predicted octanol–water partition coefficient (Wildman–Crippen LogP) is 3.17. The van der Waals surface area contributed by atoms with Crippen LogP contribution in [0.1, 0.15) is 46.5 Å². The SMILES string of the molecule is CC(C)CCC(C)NC(=O)C1CCN(S(=O)(=O)c2ccc(F)cc2)CC1. The average Bonchev–Trinajstić information content (AvgIpc) is 2.60. The topological polar surface area (TPSA) is 66.5 Å². The van der Waals surface area contributed by atoms with Crippen LogP contribution in [0.3, 0.4) is 0 Å². The van der Waals surface area contributed by atoms with E-state index in [0.29, 0.717) is 31.8 Å². The van der Waals surface area contributed by atoms with E-state index in [9.17, 15) is 17.6 Å². The number of carbonyl (C=O) groups is 1. The fraction of sp³-hybridized carbons (Fsp3) is 0.632. The number of amides is 1. The zero-order chi connectivity index (χ0) is 19.3. The first-order valence-corrected chi connectivity index (χ1v) is 10.7. The van der Waals surface area contributed by atoms with E-state index in [4.69, 9.17) is 0 Å². The molecule has 1 unspecified atom stereocenters. The van der Waals surface area contributed by atoms with Gasteiger partial charge in [0.15, 0.2) is 0 Å². The molecule has 1 heterocycles. The van der Waals surface area contributed by atoms with Crippen molar-refractivity contribution >= 4 is 15.9 Å². The number of sulfonamides is 1. The highest BCUT2D eigenvalue weighted by Gasteiger charge is 2.32. The molecule has 0 aliphatic carbocycles. The van der Waals surface area contributed by atoms with Gasteiger partial charge in [0.25, 0.3) is 0 Å². The van der Waals surface area contributed by atoms with Crippen molar-refractivity contribution in [1.82, 2.24) is 9.62 Å². The predicted molar refractivity (Wildman–Crippen MR) is 99.6 cm³/mol. The van der Waals surface area contributed by atoms with Crippen LogP contribution in [0, 0.1) is 17.7 Å². The Kier molecular flexibility index (Phi) is 7.17. The second-order valence-electron chi connectivity index (χ2n) is 7.51. The van der Waals surface area contributed by atoms with Crippen LogP contribution in [0.4, 0.5) is 4.39 Å². The third kappa shape index (κ3) is 5.51. The zero-order valence-corrected chi connectivity index (χ0v) is 16.6. The molecule has 0 aromatic heterocycles. The standard InChI is InChI=1S/C19H29FN2O3S/c1-14(2)4-5-15(3)21-19(23)16-10-12-22(13-11-16)26(24,25)18-8-6-17(20)7-9-18/h6-9,14-16H,4-5,10-13H2,1-3H3,(H,21,23). The molecule has 1 aliphatic rings. The molecule has 1 aromatic carbocycles. The Bertz CT molecular complexity index is 696. The quantitative estimate of drug-likeness (QED) is 0.785. The van der Waals surface area contributed by atoms with Crippen molar-refractivity contribution in [3.63, 3.8) is 0 Å². The van der Waals surface area contributed by atoms with Gasteiger partial charge in [-0.15, -0.1) is 0 Å². The van der Waals surface area contributed by atoms with Crippen molar-refractivity contribution < 1.29 is 17.6 Å². The van der Waals surface area contributed by atoms with E-state index < -0.39 is 15.8 Å². The summed E-state index contributed by atoms with van der Waals surface area (Å²) in [5, 5.41) is 3.05. The lowest BCUT2D eigenvalue weighted by Gasteiger charge is -2.31. The fourth-order valence-corrected chi connectivity index (χ4v) is 4.60. The van der Waals surface area contributed by atoms with Gasteiger partial charge in [-0.1, -0.05) is 13.8 Å². The average molecular weight is 385 g/mol. The van der Waals surface area contributed by atoms with Gasteiger partial charge in [-0.25, -0.2) is 12.8 Å². The van der Waals surface area contributed by atoms with Gasteiger partial charge >= 0.3 is 0 Å². The molecule has 2 rings (SSSR count). The Morgan fingerprint density at radius 2 is 1.73 bits per heavy atom. The largest absolute Gasteiger partial charge is 0.353 e. The summed E-state index contributed by atoms with van der Waals surface area (Å²) in [4.78, 5) is 12.5. The Morgan fingerprint density at radius 1 is 1.15 bits per heavy atom. The lowest BCUT2D eigenvalue weighted by molar-refractivity contribution is -0.126. The molecule has 5 nitrogen and oxygen atoms in total. The molecule has 1 atom stereocenters. The number of hydrogen-bond acceptors (Lipinski definition) is 3. The highest BCUT2D eigenvalue weighted by atomic mass is 32.2. The minimum Gasteiger partial charge on any atom is -0.353 e. The van der Waals surface area contributed by atoms with E-state index >= 15 is 0 Å². The summed E-state index contributed by atoms with van der Waals surface area (Å²) >= 11 is 0. The summed E-state index contributed by atoms with van der Waals surface area (Å²) in [5.74, 6) is -0.00331. The smallest absolute Gasteiger partial charge is 0.243 e. The van der Waals surface area contributed by atoms with Gasteiger partial charge in [0.05, 0.1) is 4.90 Å². The van der Waals surface area contributed by atoms with Crippen molar-refractivity contribution in [3.8, 4) is 0 Å². The number of hydrogen-bond donors (Lipinski definition) is 1. The molecule has 7 heteroatoms. The highest BCUT2D eigenvalue weighted by Crippen LogP contribution is 2.24. The molecule has 0 spiro atoms. The van der Waals surface area contributed by atoms with Crippen molar-refractivity contribution in [2.75, 3.05) is 13.1 Å². The van der Waals surface area contributed by atoms with Gasteiger partial charge in [0.1, 0.15) is 5.82 Å². The first-order valence-electron chi connectivity index (χ1n) is 9.26. The molecule has 1 aromatic rings. The maximum atomic E-state index is 13.0. The third-order valence-corrected chi connectivity index (χ3v) is 6.75. The van der Waals surface area contributed by atoms with Crippen molar-refractivity contribution in [2.45, 2.75) is 57.4 Å². The number of rotatable bonds is 7. The lowest BCUT2D eigenvalue weighted by Crippen LogP contribution is -2.44. The monoisotopic (exact) mass is 384 g/mol. The van der Waals surface area contributed by atoms with Crippen molar-refractivity contribution in [2.24, 2.45) is 11.8 Å². The summed E-state index contributed by atoms with van der Waals surface area (Å²) < 4.78 is 39.6. The van der Waals surface area contributed by atoms with Crippen LogP contribution in [0.15, 0.2) is 29.2 Å². The molecule has 1 amide bonds. The first-order chi connectivity index (χ1) is 12.2. The Balaban J connectivity index is 1.88. The second-order valence-corrected chi connectivity index (χ2v) is 9.45. The lowest BCUT2D eigenvalue weighted by atomic mass is 9.96. The van der Waals surface area contributed by atoms with Crippen molar-refractivity contribution in [3.05, 3.63) is 30.1 Å². The summed E-state index contributed by atoms with van der Waals surface area (Å²) in [6.45, 7) is 6.93. The minimum absolute atomic E-state index is 0.0140. The third-order valence-electron chi connectivity index (χ3n) is 4.84. The molecule has 0 radical (unpaired) electrons. The van der Waals surface area contributed by atoms with Gasteiger partial charge in [-0.2, -0.15) is 4.31 Å². The van der Waals surface area contributed by atoms with Crippen molar-refractivity contribution in [1.29, 1.82) is 0 Å². The highest BCUT2D eigenvalue weighted by molar-refractivity contribution is 7.89. The summed E-state index contributed by atoms with van der Waals surface area (Å²) in [7, 11) is -3.63. The molecular formula is C19H29FN2O3S. The van der Waals surface area contributed by atoms with E-state index in [1.165, 1.54) is 16.4 Å². The number of nitrogens with one attached hydrogen (secondary N) is 1. The van der Waals surface area contributed by atoms with E-state index in [0.717, 1.165) is 25.0 Å². The molecule has 0 bridgehead atoms. The Morgan fingerprint density at radius 3 is 2.27 bits per heavy atom. The number of carbonyl (C=O) groups excluding carboxylic acids is 1. The van der Waals surface area contributed by atoms with E-state index in [2.05, 4.69) is 19.2 Å². The van der Waals surface area contributed by atoms with E-state index in [-0.39, 0.29) is 22.8 Å². The van der Waals surface area contributed by atoms with Crippen LogP contribution < -0.4 is 5.32 Å². The van der Waals surface area contributed by atoms with Crippen LogP contribution in [-0.2, 0) is 14.8 Å². The molecule has 0 saturated carbocycles. The first kappa shape index (κ1) is 20.8. The normalized spacial score (nSPS) is 18.0. The Labute approximate surface area is 156 Å². The molecule has 1 N–H and O–H groups in total. The molecule has 1 aliphatic heterocycles.